The summed E-state index contributed by atoms with van der Waals surface area (Å²) in [5.41, 5.74) is 13.5. The lowest BCUT2D eigenvalue weighted by molar-refractivity contribution is 1.05. The number of fused-ring (bicyclic) bond motifs is 12. The minimum atomic E-state index is 0.864. The molecule has 0 bridgehead atoms. The highest BCUT2D eigenvalue weighted by Gasteiger charge is 2.23. The van der Waals surface area contributed by atoms with E-state index in [0.717, 1.165) is 57.0 Å². The molecule has 0 fully saturated rings. The molecule has 2 nitrogen and oxygen atoms in total. The molecule has 62 heavy (non-hydrogen) atoms. The Labute approximate surface area is 366 Å². The lowest BCUT2D eigenvalue weighted by Crippen LogP contribution is -1.97. The van der Waals surface area contributed by atoms with Crippen LogP contribution in [0.5, 0.6) is 0 Å². The van der Waals surface area contributed by atoms with Crippen molar-refractivity contribution in [2.24, 2.45) is 0 Å². The topological polar surface area (TPSA) is 25.8 Å². The fourth-order valence-corrected chi connectivity index (χ4v) is 12.4. The minimum Gasteiger partial charge on any atom is -0.252 e. The molecule has 290 valence electrons. The van der Waals surface area contributed by atoms with Crippen molar-refractivity contribution >= 4 is 101 Å². The molecular formula is C58H36N2S2. The SMILES string of the molecule is C1=CCCC(c2ccc3c(c2)c2cc(-c4ccccc4)ccc2c2nc(-c4c(-c5cccc6c5sc5ccccc56)cccc4-c4cccc5c4sc4ccccc45)cnc32)=C1. The van der Waals surface area contributed by atoms with E-state index in [1.165, 1.54) is 84.5 Å². The third-order valence-electron chi connectivity index (χ3n) is 12.8. The van der Waals surface area contributed by atoms with Gasteiger partial charge in [0.15, 0.2) is 0 Å². The van der Waals surface area contributed by atoms with Crippen molar-refractivity contribution in [1.29, 1.82) is 0 Å². The lowest BCUT2D eigenvalue weighted by atomic mass is 9.88. The molecule has 0 spiro atoms. The van der Waals surface area contributed by atoms with Gasteiger partial charge in [0.05, 0.1) is 22.9 Å². The third-order valence-corrected chi connectivity index (χ3v) is 15.3. The molecule has 4 heteroatoms. The number of rotatable bonds is 5. The van der Waals surface area contributed by atoms with Gasteiger partial charge < -0.3 is 0 Å². The molecule has 13 rings (SSSR count). The summed E-state index contributed by atoms with van der Waals surface area (Å²) in [5, 5.41) is 9.75. The Bertz CT molecular complexity index is 3740. The summed E-state index contributed by atoms with van der Waals surface area (Å²) in [6.45, 7) is 0. The van der Waals surface area contributed by atoms with Crippen LogP contribution in [0.2, 0.25) is 0 Å². The van der Waals surface area contributed by atoms with Crippen LogP contribution in [0.25, 0.3) is 123 Å². The van der Waals surface area contributed by atoms with Crippen LogP contribution in [0, 0.1) is 0 Å². The van der Waals surface area contributed by atoms with Crippen molar-refractivity contribution < 1.29 is 0 Å². The fourth-order valence-electron chi connectivity index (χ4n) is 9.89. The maximum absolute atomic E-state index is 5.78. The Kier molecular flexibility index (Phi) is 8.12. The second kappa shape index (κ2) is 14.2. The summed E-state index contributed by atoms with van der Waals surface area (Å²) in [4.78, 5) is 11.2. The second-order valence-electron chi connectivity index (χ2n) is 16.3. The molecule has 3 aromatic heterocycles. The zero-order chi connectivity index (χ0) is 40.7. The van der Waals surface area contributed by atoms with Crippen molar-refractivity contribution in [3.63, 3.8) is 0 Å². The number of aromatic nitrogens is 2. The number of thiophene rings is 2. The highest BCUT2D eigenvalue weighted by molar-refractivity contribution is 7.26. The zero-order valence-corrected chi connectivity index (χ0v) is 35.2. The molecule has 0 amide bonds. The Morgan fingerprint density at radius 1 is 0.419 bits per heavy atom. The van der Waals surface area contributed by atoms with E-state index in [1.54, 1.807) is 0 Å². The van der Waals surface area contributed by atoms with E-state index >= 15 is 0 Å². The molecule has 1 aliphatic rings. The highest BCUT2D eigenvalue weighted by atomic mass is 32.1. The largest absolute Gasteiger partial charge is 0.252 e. The molecule has 0 saturated heterocycles. The standard InChI is InChI=1S/C58H36N2S2/c1-3-14-35(15-4-1)37-28-30-43-49(32-37)50-33-38(36-16-5-2-6-17-36)29-31-44(50)56-55(43)59-34-51(60-56)54-41(47-24-12-22-45-39-18-7-9-26-52(39)61-57(45)47)20-11-21-42(54)48-25-13-23-46-40-19-8-10-27-53(40)62-58(46)48/h1-3,5-14,16-34H,4,15H2. The van der Waals surface area contributed by atoms with E-state index in [9.17, 15) is 0 Å². The molecule has 9 aromatic carbocycles. The first-order chi connectivity index (χ1) is 30.7. The second-order valence-corrected chi connectivity index (χ2v) is 18.4. The average Bonchev–Trinajstić information content (AvgIpc) is 3.93. The van der Waals surface area contributed by atoms with Crippen LogP contribution in [0.4, 0.5) is 0 Å². The van der Waals surface area contributed by atoms with Gasteiger partial charge in [0, 0.05) is 67.8 Å². The number of hydrogen-bond acceptors (Lipinski definition) is 4. The third kappa shape index (κ3) is 5.54. The molecule has 0 saturated carbocycles. The Balaban J connectivity index is 1.12. The van der Waals surface area contributed by atoms with Gasteiger partial charge in [-0.05, 0) is 81.3 Å². The minimum absolute atomic E-state index is 0.864. The first-order valence-corrected chi connectivity index (χ1v) is 22.9. The predicted octanol–water partition coefficient (Wildman–Crippen LogP) is 17.1. The van der Waals surface area contributed by atoms with Crippen LogP contribution in [0.15, 0.2) is 194 Å². The van der Waals surface area contributed by atoms with Crippen molar-refractivity contribution in [2.45, 2.75) is 12.8 Å². The first kappa shape index (κ1) is 35.5. The highest BCUT2D eigenvalue weighted by Crippen LogP contribution is 2.49. The van der Waals surface area contributed by atoms with Gasteiger partial charge in [0.1, 0.15) is 0 Å². The van der Waals surface area contributed by atoms with Crippen LogP contribution >= 0.6 is 22.7 Å². The number of hydrogen-bond donors (Lipinski definition) is 0. The lowest BCUT2D eigenvalue weighted by Gasteiger charge is -2.18. The molecule has 0 atom stereocenters. The maximum atomic E-state index is 5.78. The predicted molar refractivity (Wildman–Crippen MR) is 268 cm³/mol. The summed E-state index contributed by atoms with van der Waals surface area (Å²) >= 11 is 3.74. The Morgan fingerprint density at radius 2 is 0.984 bits per heavy atom. The number of nitrogens with zero attached hydrogens (tertiary/aromatic N) is 2. The summed E-state index contributed by atoms with van der Waals surface area (Å²) in [5.74, 6) is 0. The molecule has 3 heterocycles. The van der Waals surface area contributed by atoms with E-state index < -0.39 is 0 Å². The van der Waals surface area contributed by atoms with Crippen LogP contribution in [0.3, 0.4) is 0 Å². The van der Waals surface area contributed by atoms with Gasteiger partial charge in [-0.25, -0.2) is 4.98 Å². The molecule has 0 aliphatic heterocycles. The van der Waals surface area contributed by atoms with E-state index in [2.05, 4.69) is 188 Å². The Hall–Kier alpha value is -7.24. The summed E-state index contributed by atoms with van der Waals surface area (Å²) < 4.78 is 5.15. The molecule has 0 radical (unpaired) electrons. The number of allylic oxidation sites excluding steroid dienone is 4. The van der Waals surface area contributed by atoms with E-state index in [1.807, 2.05) is 28.9 Å². The maximum Gasteiger partial charge on any atom is 0.0979 e. The first-order valence-electron chi connectivity index (χ1n) is 21.3. The summed E-state index contributed by atoms with van der Waals surface area (Å²) in [6.07, 6.45) is 10.8. The molecule has 0 N–H and O–H groups in total. The molecule has 12 aromatic rings. The van der Waals surface area contributed by atoms with E-state index in [0.29, 0.717) is 0 Å². The summed E-state index contributed by atoms with van der Waals surface area (Å²) in [7, 11) is 0. The molecular weight excluding hydrogens is 789 g/mol. The van der Waals surface area contributed by atoms with Gasteiger partial charge in [0.2, 0.25) is 0 Å². The normalized spacial score (nSPS) is 13.1. The van der Waals surface area contributed by atoms with Crippen LogP contribution < -0.4 is 0 Å². The van der Waals surface area contributed by atoms with Crippen LogP contribution in [-0.4, -0.2) is 9.97 Å². The molecule has 1 aliphatic carbocycles. The summed E-state index contributed by atoms with van der Waals surface area (Å²) in [6, 6.07) is 62.4. The quantitative estimate of drug-likeness (QED) is 0.162. The smallest absolute Gasteiger partial charge is 0.0979 e. The van der Waals surface area contributed by atoms with Crippen molar-refractivity contribution in [3.05, 3.63) is 200 Å². The Morgan fingerprint density at radius 3 is 1.65 bits per heavy atom. The van der Waals surface area contributed by atoms with Gasteiger partial charge in [0.25, 0.3) is 0 Å². The van der Waals surface area contributed by atoms with E-state index in [-0.39, 0.29) is 0 Å². The molecule has 0 unspecified atom stereocenters. The van der Waals surface area contributed by atoms with Crippen LogP contribution in [0.1, 0.15) is 18.4 Å². The van der Waals surface area contributed by atoms with Gasteiger partial charge >= 0.3 is 0 Å². The fraction of sp³-hybridized carbons (Fsp3) is 0.0345. The van der Waals surface area contributed by atoms with E-state index in [4.69, 9.17) is 9.97 Å². The average molecular weight is 825 g/mol. The van der Waals surface area contributed by atoms with Crippen LogP contribution in [-0.2, 0) is 0 Å². The number of benzene rings is 9. The van der Waals surface area contributed by atoms with Crippen molar-refractivity contribution in [1.82, 2.24) is 9.97 Å². The van der Waals surface area contributed by atoms with Gasteiger partial charge in [-0.3, -0.25) is 4.98 Å². The zero-order valence-electron chi connectivity index (χ0n) is 33.6. The van der Waals surface area contributed by atoms with Gasteiger partial charge in [-0.1, -0.05) is 164 Å². The van der Waals surface area contributed by atoms with Gasteiger partial charge in [-0.15, -0.1) is 22.7 Å². The van der Waals surface area contributed by atoms with Gasteiger partial charge in [-0.2, -0.15) is 0 Å². The monoisotopic (exact) mass is 824 g/mol. The van der Waals surface area contributed by atoms with Crippen molar-refractivity contribution in [3.8, 4) is 44.6 Å². The van der Waals surface area contributed by atoms with Crippen molar-refractivity contribution in [2.75, 3.05) is 0 Å².